The molecule has 4 aromatic rings. The van der Waals surface area contributed by atoms with Gasteiger partial charge in [-0.05, 0) is 78.2 Å². The van der Waals surface area contributed by atoms with Crippen LogP contribution in [0.4, 0.5) is 0 Å². The molecule has 0 radical (unpaired) electrons. The van der Waals surface area contributed by atoms with Gasteiger partial charge in [0.25, 0.3) is 5.91 Å². The van der Waals surface area contributed by atoms with E-state index in [0.717, 1.165) is 58.6 Å². The number of aryl methyl sites for hydroxylation is 1. The van der Waals surface area contributed by atoms with Crippen molar-refractivity contribution in [1.82, 2.24) is 15.8 Å². The van der Waals surface area contributed by atoms with E-state index >= 15 is 0 Å². The van der Waals surface area contributed by atoms with Crippen LogP contribution in [0.2, 0.25) is 0 Å². The molecule has 1 aliphatic rings. The number of nitrogens with one attached hydrogen (secondary N) is 2. The van der Waals surface area contributed by atoms with Crippen molar-refractivity contribution in [2.75, 3.05) is 13.1 Å². The van der Waals surface area contributed by atoms with E-state index in [1.165, 1.54) is 11.1 Å². The molecule has 1 amide bonds. The number of fused-ring (bicyclic) bond motifs is 1. The van der Waals surface area contributed by atoms with Crippen molar-refractivity contribution in [2.45, 2.75) is 53.2 Å². The number of carbonyl (C=O) groups excluding carboxylic acids is 1. The number of rotatable bonds is 8. The van der Waals surface area contributed by atoms with Crippen molar-refractivity contribution < 1.29 is 14.1 Å². The molecule has 2 heterocycles. The molecule has 6 heteroatoms. The van der Waals surface area contributed by atoms with Gasteiger partial charge in [0.15, 0.2) is 11.5 Å². The number of benzene rings is 3. The number of ether oxygens (including phenoxy) is 1. The Morgan fingerprint density at radius 2 is 1.92 bits per heavy atom. The summed E-state index contributed by atoms with van der Waals surface area (Å²) in [7, 11) is 0. The van der Waals surface area contributed by atoms with E-state index in [1.54, 1.807) is 0 Å². The Bertz CT molecular complexity index is 1440. The highest BCUT2D eigenvalue weighted by Crippen LogP contribution is 2.41. The highest BCUT2D eigenvalue weighted by Gasteiger charge is 2.27. The topological polar surface area (TPSA) is 76.4 Å². The second-order valence-electron chi connectivity index (χ2n) is 10.1. The first kappa shape index (κ1) is 25.7. The normalized spacial score (nSPS) is 12.9. The number of hydrogen-bond acceptors (Lipinski definition) is 5. The van der Waals surface area contributed by atoms with Crippen molar-refractivity contribution in [1.29, 1.82) is 0 Å². The fourth-order valence-corrected chi connectivity index (χ4v) is 5.03. The third-order valence-electron chi connectivity index (χ3n) is 7.09. The molecule has 0 bridgehead atoms. The molecule has 5 rings (SSSR count). The largest absolute Gasteiger partial charge is 0.489 e. The van der Waals surface area contributed by atoms with Crippen LogP contribution in [0.1, 0.15) is 65.0 Å². The van der Waals surface area contributed by atoms with Gasteiger partial charge in [-0.25, -0.2) is 0 Å². The van der Waals surface area contributed by atoms with Crippen molar-refractivity contribution in [3.8, 4) is 28.2 Å². The number of carbonyl (C=O) groups is 1. The Hall–Kier alpha value is -3.90. The molecule has 0 unspecified atom stereocenters. The molecule has 2 N–H and O–H groups in total. The summed E-state index contributed by atoms with van der Waals surface area (Å²) in [4.78, 5) is 13.0. The minimum Gasteiger partial charge on any atom is -0.489 e. The smallest absolute Gasteiger partial charge is 0.274 e. The predicted molar refractivity (Wildman–Crippen MR) is 150 cm³/mol. The summed E-state index contributed by atoms with van der Waals surface area (Å²) in [5.74, 6) is 1.46. The maximum Gasteiger partial charge on any atom is 0.274 e. The summed E-state index contributed by atoms with van der Waals surface area (Å²) in [6.07, 6.45) is 0.949. The van der Waals surface area contributed by atoms with Gasteiger partial charge in [0.05, 0.1) is 5.56 Å². The van der Waals surface area contributed by atoms with E-state index in [4.69, 9.17) is 9.26 Å². The fourth-order valence-electron chi connectivity index (χ4n) is 5.03. The molecule has 0 spiro atoms. The number of nitrogens with zero attached hydrogens (tertiary/aromatic N) is 1. The summed E-state index contributed by atoms with van der Waals surface area (Å²) in [6.45, 7) is 11.1. The molecule has 6 nitrogen and oxygen atoms in total. The maximum absolute atomic E-state index is 13.0. The molecule has 0 fully saturated rings. The van der Waals surface area contributed by atoms with Crippen molar-refractivity contribution in [2.24, 2.45) is 0 Å². The van der Waals surface area contributed by atoms with Gasteiger partial charge in [-0.1, -0.05) is 67.5 Å². The van der Waals surface area contributed by atoms with E-state index in [-0.39, 0.29) is 11.8 Å². The van der Waals surface area contributed by atoms with Crippen LogP contribution in [0.15, 0.2) is 65.2 Å². The van der Waals surface area contributed by atoms with Crippen LogP contribution in [-0.2, 0) is 19.6 Å². The van der Waals surface area contributed by atoms with Gasteiger partial charge in [0.1, 0.15) is 12.4 Å². The van der Waals surface area contributed by atoms with E-state index < -0.39 is 0 Å². The van der Waals surface area contributed by atoms with Crippen LogP contribution in [0, 0.1) is 6.92 Å². The number of hydrogen-bond donors (Lipinski definition) is 2. The molecule has 0 saturated heterocycles. The standard InChI is InChI=1S/C32H35N3O3/c1-5-34-32(36)30-29(24-11-12-25-18-33-14-13-23(25)16-24)31(38-35-30)27-17-26(20(2)3)28(15-21(27)4)37-19-22-9-7-6-8-10-22/h6-12,15-17,20,33H,5,13-14,18-19H2,1-4H3,(H,34,36). The lowest BCUT2D eigenvalue weighted by Crippen LogP contribution is -2.24. The molecule has 1 aromatic heterocycles. The molecular formula is C32H35N3O3. The zero-order valence-electron chi connectivity index (χ0n) is 22.6. The monoisotopic (exact) mass is 509 g/mol. The zero-order chi connectivity index (χ0) is 26.6. The average Bonchev–Trinajstić information content (AvgIpc) is 3.37. The first-order chi connectivity index (χ1) is 18.5. The van der Waals surface area contributed by atoms with E-state index in [0.29, 0.717) is 24.6 Å². The lowest BCUT2D eigenvalue weighted by molar-refractivity contribution is 0.0947. The highest BCUT2D eigenvalue weighted by atomic mass is 16.5. The van der Waals surface area contributed by atoms with Crippen molar-refractivity contribution in [3.63, 3.8) is 0 Å². The molecule has 38 heavy (non-hydrogen) atoms. The predicted octanol–water partition coefficient (Wildman–Crippen LogP) is 6.41. The lowest BCUT2D eigenvalue weighted by atomic mass is 9.90. The summed E-state index contributed by atoms with van der Waals surface area (Å²) in [6, 6.07) is 20.8. The van der Waals surface area contributed by atoms with Gasteiger partial charge in [-0.2, -0.15) is 0 Å². The Labute approximate surface area is 224 Å². The zero-order valence-corrected chi connectivity index (χ0v) is 22.6. The van der Waals surface area contributed by atoms with Crippen LogP contribution < -0.4 is 15.4 Å². The number of aromatic nitrogens is 1. The van der Waals surface area contributed by atoms with Crippen molar-refractivity contribution >= 4 is 5.91 Å². The first-order valence-electron chi connectivity index (χ1n) is 13.4. The summed E-state index contributed by atoms with van der Waals surface area (Å²) in [5, 5.41) is 10.6. The summed E-state index contributed by atoms with van der Waals surface area (Å²) in [5.41, 5.74) is 8.68. The minimum atomic E-state index is -0.235. The Morgan fingerprint density at radius 3 is 2.68 bits per heavy atom. The lowest BCUT2D eigenvalue weighted by Gasteiger charge is -2.19. The van der Waals surface area contributed by atoms with Gasteiger partial charge in [0, 0.05) is 18.7 Å². The third-order valence-corrected chi connectivity index (χ3v) is 7.09. The maximum atomic E-state index is 13.0. The van der Waals surface area contributed by atoms with Crippen LogP contribution in [-0.4, -0.2) is 24.2 Å². The Morgan fingerprint density at radius 1 is 1.11 bits per heavy atom. The second-order valence-corrected chi connectivity index (χ2v) is 10.1. The molecule has 196 valence electrons. The van der Waals surface area contributed by atoms with E-state index in [9.17, 15) is 4.79 Å². The molecule has 1 aliphatic heterocycles. The van der Waals surface area contributed by atoms with E-state index in [1.807, 2.05) is 32.0 Å². The van der Waals surface area contributed by atoms with Gasteiger partial charge >= 0.3 is 0 Å². The molecule has 0 aliphatic carbocycles. The first-order valence-corrected chi connectivity index (χ1v) is 13.4. The molecular weight excluding hydrogens is 474 g/mol. The average molecular weight is 510 g/mol. The van der Waals surface area contributed by atoms with Gasteiger partial charge in [0.2, 0.25) is 0 Å². The molecule has 3 aromatic carbocycles. The van der Waals surface area contributed by atoms with Gasteiger partial charge in [-0.3, -0.25) is 4.79 Å². The quantitative estimate of drug-likeness (QED) is 0.287. The van der Waals surface area contributed by atoms with E-state index in [2.05, 4.69) is 72.1 Å². The Kier molecular flexibility index (Phi) is 7.61. The summed E-state index contributed by atoms with van der Waals surface area (Å²) >= 11 is 0. The van der Waals surface area contributed by atoms with Crippen LogP contribution in [0.25, 0.3) is 22.5 Å². The van der Waals surface area contributed by atoms with Crippen LogP contribution in [0.5, 0.6) is 5.75 Å². The van der Waals surface area contributed by atoms with Crippen LogP contribution in [0.3, 0.4) is 0 Å². The summed E-state index contributed by atoms with van der Waals surface area (Å²) < 4.78 is 12.3. The minimum absolute atomic E-state index is 0.227. The van der Waals surface area contributed by atoms with Gasteiger partial charge in [-0.15, -0.1) is 0 Å². The van der Waals surface area contributed by atoms with Gasteiger partial charge < -0.3 is 19.9 Å². The van der Waals surface area contributed by atoms with Crippen molar-refractivity contribution in [3.05, 3.63) is 94.2 Å². The highest BCUT2D eigenvalue weighted by molar-refractivity contribution is 6.02. The number of amides is 1. The SMILES string of the molecule is CCNC(=O)c1noc(-c2cc(C(C)C)c(OCc3ccccc3)cc2C)c1-c1ccc2c(c1)CCNC2. The Balaban J connectivity index is 1.60. The molecule has 0 saturated carbocycles. The fraction of sp³-hybridized carbons (Fsp3) is 0.312. The second kappa shape index (κ2) is 11.2. The molecule has 0 atom stereocenters. The van der Waals surface area contributed by atoms with Crippen LogP contribution >= 0.6 is 0 Å². The third kappa shape index (κ3) is 5.22.